The van der Waals surface area contributed by atoms with Crippen LogP contribution in [-0.4, -0.2) is 9.55 Å². The van der Waals surface area contributed by atoms with Crippen LogP contribution in [0.3, 0.4) is 0 Å². The third kappa shape index (κ3) is 3.11. The minimum Gasteiger partial charge on any atom is -0.456 e. The fraction of sp³-hybridized carbons (Fsp3) is 0. The molecule has 0 aliphatic rings. The van der Waals surface area contributed by atoms with Gasteiger partial charge in [0, 0.05) is 39.6 Å². The molecule has 0 bridgehead atoms. The molecule has 0 amide bonds. The molecule has 5 heteroatoms. The standard InChI is InChI=1S/C36H20N2O3/c39-35-27-6-2-4-8-32(27)40-33-16-11-22(19-28(33)35)21-9-12-23(13-10-21)38-30-17-18-37-20-29(30)25-14-15-26-24-5-1-3-7-31(24)41-36(26)34(25)38/h1-20H. The van der Waals surface area contributed by atoms with E-state index in [-0.39, 0.29) is 5.43 Å². The lowest BCUT2D eigenvalue weighted by Gasteiger charge is -2.10. The minimum atomic E-state index is -0.0194. The summed E-state index contributed by atoms with van der Waals surface area (Å²) < 4.78 is 14.7. The van der Waals surface area contributed by atoms with Crippen LogP contribution >= 0.6 is 0 Å². The fourth-order valence-electron chi connectivity index (χ4n) is 6.18. The number of nitrogens with zero attached hydrogens (tertiary/aromatic N) is 2. The van der Waals surface area contributed by atoms with Gasteiger partial charge in [-0.15, -0.1) is 0 Å². The van der Waals surface area contributed by atoms with E-state index in [1.165, 1.54) is 0 Å². The van der Waals surface area contributed by atoms with E-state index >= 15 is 0 Å². The molecule has 5 nitrogen and oxygen atoms in total. The van der Waals surface area contributed by atoms with Gasteiger partial charge in [-0.05, 0) is 65.7 Å². The fourth-order valence-corrected chi connectivity index (χ4v) is 6.18. The van der Waals surface area contributed by atoms with Crippen LogP contribution in [0.4, 0.5) is 0 Å². The van der Waals surface area contributed by atoms with Crippen LogP contribution in [0.2, 0.25) is 0 Å². The highest BCUT2D eigenvalue weighted by Gasteiger charge is 2.19. The Balaban J connectivity index is 1.25. The number of furan rings is 1. The van der Waals surface area contributed by atoms with Gasteiger partial charge >= 0.3 is 0 Å². The van der Waals surface area contributed by atoms with Crippen molar-refractivity contribution >= 4 is 65.7 Å². The predicted molar refractivity (Wildman–Crippen MR) is 165 cm³/mol. The number of fused-ring (bicyclic) bond motifs is 9. The number of hydrogen-bond acceptors (Lipinski definition) is 4. The van der Waals surface area contributed by atoms with E-state index in [9.17, 15) is 4.79 Å². The van der Waals surface area contributed by atoms with Crippen LogP contribution in [-0.2, 0) is 0 Å². The van der Waals surface area contributed by atoms with E-state index in [4.69, 9.17) is 8.83 Å². The van der Waals surface area contributed by atoms with Crippen LogP contribution in [0, 0.1) is 0 Å². The van der Waals surface area contributed by atoms with E-state index in [2.05, 4.69) is 52.0 Å². The monoisotopic (exact) mass is 528 g/mol. The molecule has 0 saturated carbocycles. The zero-order valence-electron chi connectivity index (χ0n) is 21.7. The smallest absolute Gasteiger partial charge is 0.200 e. The lowest BCUT2D eigenvalue weighted by atomic mass is 10.0. The molecule has 0 N–H and O–H groups in total. The molecule has 0 radical (unpaired) electrons. The number of aromatic nitrogens is 2. The largest absolute Gasteiger partial charge is 0.456 e. The summed E-state index contributed by atoms with van der Waals surface area (Å²) in [6, 6.07) is 36.1. The highest BCUT2D eigenvalue weighted by molar-refractivity contribution is 6.21. The summed E-state index contributed by atoms with van der Waals surface area (Å²) >= 11 is 0. The summed E-state index contributed by atoms with van der Waals surface area (Å²) in [5.41, 5.74) is 7.96. The molecule has 5 aromatic carbocycles. The first-order valence-electron chi connectivity index (χ1n) is 13.5. The average molecular weight is 529 g/mol. The first-order valence-corrected chi connectivity index (χ1v) is 13.5. The van der Waals surface area contributed by atoms with E-state index in [1.807, 2.05) is 79.1 Å². The maximum Gasteiger partial charge on any atom is 0.200 e. The third-order valence-corrected chi connectivity index (χ3v) is 8.11. The molecule has 0 aliphatic carbocycles. The maximum atomic E-state index is 13.2. The highest BCUT2D eigenvalue weighted by atomic mass is 16.3. The Morgan fingerprint density at radius 2 is 1.27 bits per heavy atom. The molecule has 41 heavy (non-hydrogen) atoms. The summed E-state index contributed by atoms with van der Waals surface area (Å²) in [5.74, 6) is 0. The molecule has 9 aromatic rings. The predicted octanol–water partition coefficient (Wildman–Crippen LogP) is 9.00. The SMILES string of the molecule is O=c1c2ccccc2oc2ccc(-c3ccc(-n4c5ccncc5c5ccc6c7ccccc7oc6c54)cc3)cc12. The number of pyridine rings is 1. The third-order valence-electron chi connectivity index (χ3n) is 8.11. The van der Waals surface area contributed by atoms with Gasteiger partial charge in [0.25, 0.3) is 0 Å². The van der Waals surface area contributed by atoms with Crippen molar-refractivity contribution in [2.24, 2.45) is 0 Å². The molecule has 9 rings (SSSR count). The van der Waals surface area contributed by atoms with Crippen LogP contribution in [0.5, 0.6) is 0 Å². The van der Waals surface area contributed by atoms with Crippen LogP contribution in [0.1, 0.15) is 0 Å². The Morgan fingerprint density at radius 3 is 2.12 bits per heavy atom. The summed E-state index contributed by atoms with van der Waals surface area (Å²) in [6.07, 6.45) is 3.74. The van der Waals surface area contributed by atoms with Gasteiger partial charge in [-0.2, -0.15) is 0 Å². The van der Waals surface area contributed by atoms with Crippen LogP contribution < -0.4 is 5.43 Å². The molecule has 192 valence electrons. The molecule has 0 aliphatic heterocycles. The molecule has 0 saturated heterocycles. The van der Waals surface area contributed by atoms with Crippen molar-refractivity contribution in [2.75, 3.05) is 0 Å². The molecular weight excluding hydrogens is 508 g/mol. The highest BCUT2D eigenvalue weighted by Crippen LogP contribution is 2.40. The quantitative estimate of drug-likeness (QED) is 0.210. The lowest BCUT2D eigenvalue weighted by molar-refractivity contribution is 0.660. The van der Waals surface area contributed by atoms with Crippen LogP contribution in [0.15, 0.2) is 135 Å². The Bertz CT molecular complexity index is 2550. The Morgan fingerprint density at radius 1 is 0.561 bits per heavy atom. The molecular formula is C36H20N2O3. The maximum absolute atomic E-state index is 13.2. The lowest BCUT2D eigenvalue weighted by Crippen LogP contribution is -2.02. The summed E-state index contributed by atoms with van der Waals surface area (Å²) in [4.78, 5) is 17.6. The van der Waals surface area contributed by atoms with Crippen molar-refractivity contribution in [1.82, 2.24) is 9.55 Å². The van der Waals surface area contributed by atoms with Crippen molar-refractivity contribution < 1.29 is 8.83 Å². The first-order chi connectivity index (χ1) is 20.2. The van der Waals surface area contributed by atoms with Crippen molar-refractivity contribution in [3.8, 4) is 16.8 Å². The summed E-state index contributed by atoms with van der Waals surface area (Å²) in [7, 11) is 0. The normalized spacial score (nSPS) is 12.0. The molecule has 0 unspecified atom stereocenters. The van der Waals surface area contributed by atoms with Gasteiger partial charge in [-0.3, -0.25) is 9.78 Å². The van der Waals surface area contributed by atoms with Gasteiger partial charge in [0.15, 0.2) is 5.58 Å². The van der Waals surface area contributed by atoms with Gasteiger partial charge in [0.2, 0.25) is 5.43 Å². The minimum absolute atomic E-state index is 0.0194. The zero-order chi connectivity index (χ0) is 27.1. The zero-order valence-corrected chi connectivity index (χ0v) is 21.7. The molecule has 0 spiro atoms. The van der Waals surface area contributed by atoms with Crippen molar-refractivity contribution in [1.29, 1.82) is 0 Å². The van der Waals surface area contributed by atoms with Crippen LogP contribution in [0.25, 0.3) is 82.5 Å². The molecule has 0 fully saturated rings. The van der Waals surface area contributed by atoms with Gasteiger partial charge < -0.3 is 13.4 Å². The van der Waals surface area contributed by atoms with Gasteiger partial charge in [-0.1, -0.05) is 54.6 Å². The number of rotatable bonds is 2. The van der Waals surface area contributed by atoms with E-state index < -0.39 is 0 Å². The van der Waals surface area contributed by atoms with E-state index in [0.717, 1.165) is 60.6 Å². The first kappa shape index (κ1) is 22.2. The van der Waals surface area contributed by atoms with E-state index in [0.29, 0.717) is 21.9 Å². The molecule has 4 aromatic heterocycles. The second-order valence-corrected chi connectivity index (χ2v) is 10.4. The number of benzene rings is 5. The topological polar surface area (TPSA) is 61.2 Å². The Labute approximate surface area is 232 Å². The van der Waals surface area contributed by atoms with Gasteiger partial charge in [-0.25, -0.2) is 0 Å². The summed E-state index contributed by atoms with van der Waals surface area (Å²) in [5, 5.41) is 5.52. The molecule has 4 heterocycles. The Kier molecular flexibility index (Phi) is 4.41. The number of hydrogen-bond donors (Lipinski definition) is 0. The average Bonchev–Trinajstić information content (AvgIpc) is 3.57. The second-order valence-electron chi connectivity index (χ2n) is 10.4. The Hall–Kier alpha value is -5.68. The van der Waals surface area contributed by atoms with E-state index in [1.54, 1.807) is 0 Å². The molecule has 0 atom stereocenters. The van der Waals surface area contributed by atoms with Gasteiger partial charge in [0.05, 0.1) is 21.8 Å². The summed E-state index contributed by atoms with van der Waals surface area (Å²) in [6.45, 7) is 0. The van der Waals surface area contributed by atoms with Crippen molar-refractivity contribution in [3.05, 3.63) is 132 Å². The number of para-hydroxylation sites is 2. The van der Waals surface area contributed by atoms with Crippen molar-refractivity contribution in [3.63, 3.8) is 0 Å². The second kappa shape index (κ2) is 8.16. The van der Waals surface area contributed by atoms with Gasteiger partial charge in [0.1, 0.15) is 16.7 Å². The van der Waals surface area contributed by atoms with Crippen molar-refractivity contribution in [2.45, 2.75) is 0 Å².